The van der Waals surface area contributed by atoms with E-state index in [9.17, 15) is 5.26 Å². The highest BCUT2D eigenvalue weighted by molar-refractivity contribution is 5.61. The molecular formula is C14H19N3. The summed E-state index contributed by atoms with van der Waals surface area (Å²) in [4.78, 5) is 2.31. The molecule has 0 aliphatic carbocycles. The van der Waals surface area contributed by atoms with Gasteiger partial charge < -0.3 is 10.6 Å². The van der Waals surface area contributed by atoms with E-state index in [1.54, 1.807) is 0 Å². The molecule has 2 N–H and O–H groups in total. The van der Waals surface area contributed by atoms with E-state index in [0.29, 0.717) is 12.1 Å². The molecule has 2 unspecified atom stereocenters. The van der Waals surface area contributed by atoms with Gasteiger partial charge in [0.25, 0.3) is 0 Å². The predicted octanol–water partition coefficient (Wildman–Crippen LogP) is 2.18. The second kappa shape index (κ2) is 4.77. The minimum atomic E-state index is 0.303. The second-order valence-electron chi connectivity index (χ2n) is 4.96. The average molecular weight is 229 g/mol. The van der Waals surface area contributed by atoms with E-state index in [1.807, 2.05) is 13.0 Å². The summed E-state index contributed by atoms with van der Waals surface area (Å²) in [6.07, 6.45) is 2.00. The zero-order chi connectivity index (χ0) is 12.4. The first-order valence-electron chi connectivity index (χ1n) is 6.15. The number of benzene rings is 1. The molecule has 0 spiro atoms. The third kappa shape index (κ3) is 2.42. The van der Waals surface area contributed by atoms with E-state index in [0.717, 1.165) is 36.2 Å². The maximum Gasteiger partial charge on any atom is 0.101 e. The standard InChI is InChI=1S/C14H19N3/c1-10-3-4-14(12(7-10)9-15)17-6-5-13(16)8-11(17)2/h3-4,7,11,13H,5-6,8,16H2,1-2H3. The molecule has 90 valence electrons. The Hall–Kier alpha value is -1.53. The van der Waals surface area contributed by atoms with Gasteiger partial charge in [0.05, 0.1) is 11.3 Å². The quantitative estimate of drug-likeness (QED) is 0.803. The van der Waals surface area contributed by atoms with Crippen LogP contribution >= 0.6 is 0 Å². The molecule has 3 heteroatoms. The van der Waals surface area contributed by atoms with Crippen LogP contribution in [-0.4, -0.2) is 18.6 Å². The van der Waals surface area contributed by atoms with Gasteiger partial charge in [-0.1, -0.05) is 6.07 Å². The summed E-state index contributed by atoms with van der Waals surface area (Å²) in [7, 11) is 0. The number of aryl methyl sites for hydroxylation is 1. The number of anilines is 1. The van der Waals surface area contributed by atoms with Crippen LogP contribution in [0.25, 0.3) is 0 Å². The van der Waals surface area contributed by atoms with Gasteiger partial charge in [-0.3, -0.25) is 0 Å². The Morgan fingerprint density at radius 2 is 2.24 bits per heavy atom. The van der Waals surface area contributed by atoms with Gasteiger partial charge in [0.1, 0.15) is 6.07 Å². The van der Waals surface area contributed by atoms with Crippen molar-refractivity contribution in [3.63, 3.8) is 0 Å². The molecule has 1 fully saturated rings. The normalized spacial score (nSPS) is 24.5. The summed E-state index contributed by atoms with van der Waals surface area (Å²) in [5.41, 5.74) is 8.92. The van der Waals surface area contributed by atoms with Crippen LogP contribution in [0.4, 0.5) is 5.69 Å². The smallest absolute Gasteiger partial charge is 0.101 e. The lowest BCUT2D eigenvalue weighted by Gasteiger charge is -2.38. The van der Waals surface area contributed by atoms with Crippen molar-refractivity contribution in [1.29, 1.82) is 5.26 Å². The molecule has 3 nitrogen and oxygen atoms in total. The first-order chi connectivity index (χ1) is 8.11. The van der Waals surface area contributed by atoms with Crippen molar-refractivity contribution in [1.82, 2.24) is 0 Å². The minimum absolute atomic E-state index is 0.303. The number of nitriles is 1. The van der Waals surface area contributed by atoms with Crippen LogP contribution in [0.1, 0.15) is 30.9 Å². The third-order valence-electron chi connectivity index (χ3n) is 3.50. The molecule has 1 heterocycles. The number of nitrogens with two attached hydrogens (primary N) is 1. The minimum Gasteiger partial charge on any atom is -0.368 e. The van der Waals surface area contributed by atoms with Crippen LogP contribution < -0.4 is 10.6 Å². The van der Waals surface area contributed by atoms with Crippen molar-refractivity contribution in [2.24, 2.45) is 5.73 Å². The van der Waals surface area contributed by atoms with Crippen molar-refractivity contribution in [2.45, 2.75) is 38.8 Å². The van der Waals surface area contributed by atoms with Gasteiger partial charge in [-0.25, -0.2) is 0 Å². The van der Waals surface area contributed by atoms with E-state index < -0.39 is 0 Å². The summed E-state index contributed by atoms with van der Waals surface area (Å²) in [5, 5.41) is 9.21. The molecule has 0 amide bonds. The fraction of sp³-hybridized carbons (Fsp3) is 0.500. The maximum atomic E-state index is 9.21. The van der Waals surface area contributed by atoms with Crippen molar-refractivity contribution in [2.75, 3.05) is 11.4 Å². The molecule has 1 aromatic rings. The van der Waals surface area contributed by atoms with Crippen molar-refractivity contribution in [3.05, 3.63) is 29.3 Å². The monoisotopic (exact) mass is 229 g/mol. The van der Waals surface area contributed by atoms with E-state index in [-0.39, 0.29) is 0 Å². The van der Waals surface area contributed by atoms with Crippen LogP contribution in [-0.2, 0) is 0 Å². The lowest BCUT2D eigenvalue weighted by molar-refractivity contribution is 0.429. The van der Waals surface area contributed by atoms with Gasteiger partial charge in [-0.05, 0) is 44.4 Å². The van der Waals surface area contributed by atoms with E-state index in [2.05, 4.69) is 30.0 Å². The Labute approximate surface area is 103 Å². The van der Waals surface area contributed by atoms with Crippen molar-refractivity contribution >= 4 is 5.69 Å². The third-order valence-corrected chi connectivity index (χ3v) is 3.50. The molecule has 0 aromatic heterocycles. The molecule has 1 aromatic carbocycles. The molecule has 17 heavy (non-hydrogen) atoms. The van der Waals surface area contributed by atoms with Crippen LogP contribution in [0.5, 0.6) is 0 Å². The second-order valence-corrected chi connectivity index (χ2v) is 4.96. The molecule has 2 rings (SSSR count). The lowest BCUT2D eigenvalue weighted by Crippen LogP contribution is -2.45. The van der Waals surface area contributed by atoms with E-state index in [4.69, 9.17) is 5.73 Å². The van der Waals surface area contributed by atoms with Gasteiger partial charge in [-0.15, -0.1) is 0 Å². The first-order valence-corrected chi connectivity index (χ1v) is 6.15. The summed E-state index contributed by atoms with van der Waals surface area (Å²) >= 11 is 0. The van der Waals surface area contributed by atoms with Gasteiger partial charge >= 0.3 is 0 Å². The number of rotatable bonds is 1. The van der Waals surface area contributed by atoms with Crippen molar-refractivity contribution < 1.29 is 0 Å². The zero-order valence-electron chi connectivity index (χ0n) is 10.5. The topological polar surface area (TPSA) is 53.0 Å². The molecule has 1 aliphatic rings. The van der Waals surface area contributed by atoms with E-state index >= 15 is 0 Å². The average Bonchev–Trinajstić information content (AvgIpc) is 2.30. The molecular weight excluding hydrogens is 210 g/mol. The Kier molecular flexibility index (Phi) is 3.35. The Morgan fingerprint density at radius 1 is 1.47 bits per heavy atom. The van der Waals surface area contributed by atoms with Crippen LogP contribution in [0.2, 0.25) is 0 Å². The largest absolute Gasteiger partial charge is 0.368 e. The van der Waals surface area contributed by atoms with Gasteiger partial charge in [-0.2, -0.15) is 5.26 Å². The maximum absolute atomic E-state index is 9.21. The van der Waals surface area contributed by atoms with Crippen LogP contribution in [0.3, 0.4) is 0 Å². The SMILES string of the molecule is Cc1ccc(N2CCC(N)CC2C)c(C#N)c1. The molecule has 0 bridgehead atoms. The number of nitrogens with zero attached hydrogens (tertiary/aromatic N) is 2. The van der Waals surface area contributed by atoms with E-state index in [1.165, 1.54) is 0 Å². The number of hydrogen-bond acceptors (Lipinski definition) is 3. The Bertz CT molecular complexity index is 447. The Balaban J connectivity index is 2.31. The fourth-order valence-corrected chi connectivity index (χ4v) is 2.56. The molecule has 2 atom stereocenters. The highest BCUT2D eigenvalue weighted by Crippen LogP contribution is 2.27. The first kappa shape index (κ1) is 11.9. The summed E-state index contributed by atoms with van der Waals surface area (Å²) in [6.45, 7) is 5.14. The van der Waals surface area contributed by atoms with Crippen LogP contribution in [0, 0.1) is 18.3 Å². The predicted molar refractivity (Wildman–Crippen MR) is 69.9 cm³/mol. The summed E-state index contributed by atoms with van der Waals surface area (Å²) < 4.78 is 0. The van der Waals surface area contributed by atoms with Crippen molar-refractivity contribution in [3.8, 4) is 6.07 Å². The van der Waals surface area contributed by atoms with Gasteiger partial charge in [0, 0.05) is 18.6 Å². The van der Waals surface area contributed by atoms with Crippen LogP contribution in [0.15, 0.2) is 18.2 Å². The fourth-order valence-electron chi connectivity index (χ4n) is 2.56. The molecule has 1 aliphatic heterocycles. The van der Waals surface area contributed by atoms with Gasteiger partial charge in [0.2, 0.25) is 0 Å². The number of hydrogen-bond donors (Lipinski definition) is 1. The van der Waals surface area contributed by atoms with Gasteiger partial charge in [0.15, 0.2) is 0 Å². The molecule has 1 saturated heterocycles. The Morgan fingerprint density at radius 3 is 2.88 bits per heavy atom. The summed E-state index contributed by atoms with van der Waals surface area (Å²) in [5.74, 6) is 0. The lowest BCUT2D eigenvalue weighted by atomic mass is 9.97. The summed E-state index contributed by atoms with van der Waals surface area (Å²) in [6, 6.07) is 9.08. The highest BCUT2D eigenvalue weighted by Gasteiger charge is 2.24. The number of piperidine rings is 1. The highest BCUT2D eigenvalue weighted by atomic mass is 15.2. The molecule has 0 saturated carbocycles. The molecule has 0 radical (unpaired) electrons. The zero-order valence-corrected chi connectivity index (χ0v) is 10.5.